The summed E-state index contributed by atoms with van der Waals surface area (Å²) in [4.78, 5) is 4.49. The normalized spacial score (nSPS) is 9.74. The Morgan fingerprint density at radius 2 is 2.16 bits per heavy atom. The fraction of sp³-hybridized carbons (Fsp3) is 0.200. The maximum absolute atomic E-state index is 9.04. The van der Waals surface area contributed by atoms with Crippen molar-refractivity contribution in [3.63, 3.8) is 0 Å². The zero-order valence-electron chi connectivity index (χ0n) is 11.0. The fourth-order valence-electron chi connectivity index (χ4n) is 1.79. The summed E-state index contributed by atoms with van der Waals surface area (Å²) in [5.41, 5.74) is 2.32. The van der Waals surface area contributed by atoms with E-state index < -0.39 is 0 Å². The van der Waals surface area contributed by atoms with E-state index in [1.165, 1.54) is 0 Å². The Morgan fingerprint density at radius 1 is 1.32 bits per heavy atom. The molecule has 0 bridgehead atoms. The summed E-state index contributed by atoms with van der Waals surface area (Å²) in [7, 11) is 1.63. The van der Waals surface area contributed by atoms with E-state index in [1.54, 1.807) is 13.2 Å². The molecule has 0 fully saturated rings. The molecule has 0 atom stereocenters. The van der Waals surface area contributed by atoms with Gasteiger partial charge in [0.25, 0.3) is 0 Å². The number of hydrogen-bond acceptors (Lipinski definition) is 4. The largest absolute Gasteiger partial charge is 0.497 e. The Bertz CT molecular complexity index is 617. The number of nitriles is 1. The molecule has 4 heteroatoms. The van der Waals surface area contributed by atoms with Gasteiger partial charge in [-0.25, -0.2) is 4.98 Å². The number of pyridine rings is 1. The van der Waals surface area contributed by atoms with Crippen LogP contribution in [0.15, 0.2) is 36.4 Å². The number of rotatable bonds is 4. The van der Waals surface area contributed by atoms with E-state index in [0.29, 0.717) is 11.4 Å². The summed E-state index contributed by atoms with van der Waals surface area (Å²) in [5.74, 6) is 1.40. The molecule has 0 aliphatic carbocycles. The summed E-state index contributed by atoms with van der Waals surface area (Å²) >= 11 is 0. The first-order chi connectivity index (χ1) is 9.28. The van der Waals surface area contributed by atoms with Crippen LogP contribution in [0.1, 0.15) is 12.5 Å². The Morgan fingerprint density at radius 3 is 2.84 bits per heavy atom. The third-order valence-corrected chi connectivity index (χ3v) is 2.73. The smallest absolute Gasteiger partial charge is 0.144 e. The van der Waals surface area contributed by atoms with E-state index in [9.17, 15) is 0 Å². The minimum atomic E-state index is 0.550. The molecule has 0 spiro atoms. The van der Waals surface area contributed by atoms with Crippen molar-refractivity contribution in [3.8, 4) is 23.1 Å². The molecule has 0 saturated heterocycles. The maximum Gasteiger partial charge on any atom is 0.144 e. The van der Waals surface area contributed by atoms with Crippen LogP contribution in [0.3, 0.4) is 0 Å². The molecule has 1 aromatic heterocycles. The summed E-state index contributed by atoms with van der Waals surface area (Å²) < 4.78 is 5.20. The minimum absolute atomic E-state index is 0.550. The number of aromatic nitrogens is 1. The number of nitrogens with one attached hydrogen (secondary N) is 1. The topological polar surface area (TPSA) is 57.9 Å². The highest BCUT2D eigenvalue weighted by atomic mass is 16.5. The summed E-state index contributed by atoms with van der Waals surface area (Å²) in [6, 6.07) is 13.4. The first kappa shape index (κ1) is 12.9. The van der Waals surface area contributed by atoms with E-state index in [1.807, 2.05) is 37.3 Å². The lowest BCUT2D eigenvalue weighted by Gasteiger charge is -2.08. The van der Waals surface area contributed by atoms with Crippen LogP contribution in [0.25, 0.3) is 11.3 Å². The molecule has 2 aromatic rings. The van der Waals surface area contributed by atoms with Crippen molar-refractivity contribution in [3.05, 3.63) is 42.0 Å². The van der Waals surface area contributed by atoms with Gasteiger partial charge >= 0.3 is 0 Å². The van der Waals surface area contributed by atoms with Gasteiger partial charge in [0.15, 0.2) is 0 Å². The number of methoxy groups -OCH3 is 1. The molecule has 4 nitrogen and oxygen atoms in total. The lowest BCUT2D eigenvalue weighted by Crippen LogP contribution is -2.02. The zero-order valence-corrected chi connectivity index (χ0v) is 11.0. The van der Waals surface area contributed by atoms with E-state index in [-0.39, 0.29) is 0 Å². The van der Waals surface area contributed by atoms with Crippen LogP contribution >= 0.6 is 0 Å². The first-order valence-corrected chi connectivity index (χ1v) is 6.08. The van der Waals surface area contributed by atoms with Gasteiger partial charge in [-0.3, -0.25) is 0 Å². The molecule has 0 aliphatic heterocycles. The number of hydrogen-bond donors (Lipinski definition) is 1. The van der Waals surface area contributed by atoms with Crippen molar-refractivity contribution < 1.29 is 4.74 Å². The van der Waals surface area contributed by atoms with Crippen molar-refractivity contribution in [2.75, 3.05) is 19.0 Å². The number of nitrogens with zero attached hydrogens (tertiary/aromatic N) is 2. The van der Waals surface area contributed by atoms with Crippen LogP contribution in [-0.4, -0.2) is 18.6 Å². The van der Waals surface area contributed by atoms with E-state index >= 15 is 0 Å². The monoisotopic (exact) mass is 253 g/mol. The molecule has 0 amide bonds. The highest BCUT2D eigenvalue weighted by molar-refractivity contribution is 5.66. The van der Waals surface area contributed by atoms with E-state index in [0.717, 1.165) is 23.6 Å². The molecule has 0 radical (unpaired) electrons. The molecule has 19 heavy (non-hydrogen) atoms. The van der Waals surface area contributed by atoms with Crippen molar-refractivity contribution in [2.45, 2.75) is 6.92 Å². The van der Waals surface area contributed by atoms with E-state index in [4.69, 9.17) is 10.00 Å². The van der Waals surface area contributed by atoms with Crippen LogP contribution in [0.2, 0.25) is 0 Å². The van der Waals surface area contributed by atoms with Crippen molar-refractivity contribution >= 4 is 5.82 Å². The average Bonchev–Trinajstić information content (AvgIpc) is 2.47. The number of anilines is 1. The average molecular weight is 253 g/mol. The first-order valence-electron chi connectivity index (χ1n) is 6.08. The van der Waals surface area contributed by atoms with Crippen LogP contribution in [-0.2, 0) is 0 Å². The van der Waals surface area contributed by atoms with Gasteiger partial charge in [0.05, 0.1) is 18.4 Å². The SMILES string of the molecule is CCNc1nc(-c2cccc(OC)c2)ccc1C#N. The molecule has 0 unspecified atom stereocenters. The second-order valence-corrected chi connectivity index (χ2v) is 3.97. The molecule has 0 aliphatic rings. The van der Waals surface area contributed by atoms with Crippen molar-refractivity contribution in [1.82, 2.24) is 4.98 Å². The van der Waals surface area contributed by atoms with Gasteiger partial charge in [-0.15, -0.1) is 0 Å². The Balaban J connectivity index is 2.45. The Kier molecular flexibility index (Phi) is 3.99. The minimum Gasteiger partial charge on any atom is -0.497 e. The lowest BCUT2D eigenvalue weighted by molar-refractivity contribution is 0.415. The van der Waals surface area contributed by atoms with E-state index in [2.05, 4.69) is 16.4 Å². The molecular weight excluding hydrogens is 238 g/mol. The highest BCUT2D eigenvalue weighted by Crippen LogP contribution is 2.24. The third kappa shape index (κ3) is 2.83. The molecule has 1 aromatic carbocycles. The Hall–Kier alpha value is -2.54. The Labute approximate surface area is 112 Å². The molecule has 0 saturated carbocycles. The van der Waals surface area contributed by atoms with Gasteiger partial charge in [-0.2, -0.15) is 5.26 Å². The predicted octanol–water partition coefficient (Wildman–Crippen LogP) is 3.06. The lowest BCUT2D eigenvalue weighted by atomic mass is 10.1. The number of ether oxygens (including phenoxy) is 1. The van der Waals surface area contributed by atoms with Gasteiger partial charge in [0, 0.05) is 12.1 Å². The number of benzene rings is 1. The second-order valence-electron chi connectivity index (χ2n) is 3.97. The van der Waals surface area contributed by atoms with Crippen LogP contribution < -0.4 is 10.1 Å². The van der Waals surface area contributed by atoms with Gasteiger partial charge in [-0.1, -0.05) is 12.1 Å². The highest BCUT2D eigenvalue weighted by Gasteiger charge is 2.07. The summed E-state index contributed by atoms with van der Waals surface area (Å²) in [5, 5.41) is 12.1. The van der Waals surface area contributed by atoms with Crippen LogP contribution in [0.4, 0.5) is 5.82 Å². The quantitative estimate of drug-likeness (QED) is 0.909. The predicted molar refractivity (Wildman–Crippen MR) is 75.1 cm³/mol. The molecular formula is C15H15N3O. The van der Waals surface area contributed by atoms with Gasteiger partial charge < -0.3 is 10.1 Å². The van der Waals surface area contributed by atoms with Gasteiger partial charge in [0.1, 0.15) is 17.6 Å². The standard InChI is InChI=1S/C15H15N3O/c1-3-17-15-12(10-16)7-8-14(18-15)11-5-4-6-13(9-11)19-2/h4-9H,3H2,1-2H3,(H,17,18). The third-order valence-electron chi connectivity index (χ3n) is 2.73. The summed E-state index contributed by atoms with van der Waals surface area (Å²) in [6.07, 6.45) is 0. The van der Waals surface area contributed by atoms with Gasteiger partial charge in [-0.05, 0) is 31.2 Å². The zero-order chi connectivity index (χ0) is 13.7. The van der Waals surface area contributed by atoms with Crippen LogP contribution in [0, 0.1) is 11.3 Å². The fourth-order valence-corrected chi connectivity index (χ4v) is 1.79. The summed E-state index contributed by atoms with van der Waals surface area (Å²) in [6.45, 7) is 2.70. The molecule has 1 heterocycles. The second kappa shape index (κ2) is 5.87. The molecule has 96 valence electrons. The van der Waals surface area contributed by atoms with Crippen LogP contribution in [0.5, 0.6) is 5.75 Å². The van der Waals surface area contributed by atoms with Gasteiger partial charge in [0.2, 0.25) is 0 Å². The molecule has 1 N–H and O–H groups in total. The van der Waals surface area contributed by atoms with Crippen molar-refractivity contribution in [1.29, 1.82) is 5.26 Å². The van der Waals surface area contributed by atoms with Crippen molar-refractivity contribution in [2.24, 2.45) is 0 Å². The molecule has 2 rings (SSSR count). The maximum atomic E-state index is 9.04.